The summed E-state index contributed by atoms with van der Waals surface area (Å²) in [6.07, 6.45) is 0.517. The van der Waals surface area contributed by atoms with Gasteiger partial charge in [0.2, 0.25) is 0 Å². The average Bonchev–Trinajstić information content (AvgIpc) is 2.81. The molecule has 1 aliphatic rings. The lowest BCUT2D eigenvalue weighted by atomic mass is 10.1. The van der Waals surface area contributed by atoms with Crippen LogP contribution in [0.4, 0.5) is 19.0 Å². The zero-order valence-electron chi connectivity index (χ0n) is 18.0. The Bertz CT molecular complexity index is 932. The van der Waals surface area contributed by atoms with Gasteiger partial charge in [0.15, 0.2) is 0 Å². The van der Waals surface area contributed by atoms with Gasteiger partial charge in [0.25, 0.3) is 11.8 Å². The summed E-state index contributed by atoms with van der Waals surface area (Å²) in [6, 6.07) is 8.18. The van der Waals surface area contributed by atoms with E-state index in [9.17, 15) is 22.8 Å². The summed E-state index contributed by atoms with van der Waals surface area (Å²) >= 11 is 0. The van der Waals surface area contributed by atoms with Gasteiger partial charge in [-0.05, 0) is 37.1 Å². The first-order valence-corrected chi connectivity index (χ1v) is 10.8. The van der Waals surface area contributed by atoms with E-state index in [1.165, 1.54) is 29.3 Å². The van der Waals surface area contributed by atoms with Gasteiger partial charge in [-0.1, -0.05) is 31.9 Å². The molecule has 0 aliphatic carbocycles. The maximum Gasteiger partial charge on any atom is 0.417 e. The van der Waals surface area contributed by atoms with E-state index < -0.39 is 17.6 Å². The van der Waals surface area contributed by atoms with Gasteiger partial charge in [-0.25, -0.2) is 4.98 Å². The number of nitrogens with one attached hydrogen (secondary N) is 1. The molecule has 2 aromatic rings. The zero-order valence-corrected chi connectivity index (χ0v) is 18.0. The summed E-state index contributed by atoms with van der Waals surface area (Å²) in [5.74, 6) is -0.292. The molecule has 0 radical (unpaired) electrons. The number of hydrogen-bond donors (Lipinski definition) is 1. The normalized spacial score (nSPS) is 14.4. The Balaban J connectivity index is 1.66. The monoisotopic (exact) mass is 448 g/mol. The van der Waals surface area contributed by atoms with Crippen molar-refractivity contribution < 1.29 is 22.8 Å². The Kier molecular flexibility index (Phi) is 7.71. The maximum absolute atomic E-state index is 13.3. The molecule has 2 amide bonds. The number of aromatic nitrogens is 1. The van der Waals surface area contributed by atoms with Crippen molar-refractivity contribution in [2.45, 2.75) is 38.8 Å². The number of halogens is 3. The number of carbonyl (C=O) groups is 2. The predicted octanol–water partition coefficient (Wildman–Crippen LogP) is 4.33. The summed E-state index contributed by atoms with van der Waals surface area (Å²) in [6.45, 7) is 3.80. The lowest BCUT2D eigenvalue weighted by molar-refractivity contribution is -0.138. The second-order valence-electron chi connectivity index (χ2n) is 7.74. The number of unbranched alkanes of at least 4 members (excludes halogenated alkanes) is 2. The van der Waals surface area contributed by atoms with Crippen LogP contribution in [0.25, 0.3) is 0 Å². The molecular formula is C23H27F3N4O2. The van der Waals surface area contributed by atoms with Crippen LogP contribution in [0, 0.1) is 0 Å². The van der Waals surface area contributed by atoms with E-state index in [-0.39, 0.29) is 18.1 Å². The highest BCUT2D eigenvalue weighted by atomic mass is 19.4. The fraction of sp³-hybridized carbons (Fsp3) is 0.435. The number of pyridine rings is 1. The molecule has 0 saturated carbocycles. The van der Waals surface area contributed by atoms with Crippen molar-refractivity contribution >= 4 is 17.6 Å². The molecule has 0 unspecified atom stereocenters. The lowest BCUT2D eigenvalue weighted by Gasteiger charge is -2.36. The van der Waals surface area contributed by atoms with E-state index >= 15 is 0 Å². The minimum atomic E-state index is -4.60. The fourth-order valence-electron chi connectivity index (χ4n) is 3.63. The van der Waals surface area contributed by atoms with E-state index in [2.05, 4.69) is 17.2 Å². The highest BCUT2D eigenvalue weighted by Crippen LogP contribution is 2.32. The van der Waals surface area contributed by atoms with Gasteiger partial charge >= 0.3 is 6.18 Å². The summed E-state index contributed by atoms with van der Waals surface area (Å²) < 4.78 is 39.9. The molecule has 1 aliphatic heterocycles. The molecule has 172 valence electrons. The third kappa shape index (κ3) is 5.77. The van der Waals surface area contributed by atoms with Gasteiger partial charge in [0, 0.05) is 25.8 Å². The molecule has 9 heteroatoms. The third-order valence-corrected chi connectivity index (χ3v) is 5.35. The molecule has 0 atom stereocenters. The average molecular weight is 448 g/mol. The number of amides is 2. The molecule has 2 heterocycles. The number of nitrogens with zero attached hydrogens (tertiary/aromatic N) is 3. The molecule has 32 heavy (non-hydrogen) atoms. The summed E-state index contributed by atoms with van der Waals surface area (Å²) in [5, 5.41) is 2.85. The minimum Gasteiger partial charge on any atom is -0.352 e. The van der Waals surface area contributed by atoms with E-state index in [1.807, 2.05) is 4.90 Å². The predicted molar refractivity (Wildman–Crippen MR) is 115 cm³/mol. The summed E-state index contributed by atoms with van der Waals surface area (Å²) in [4.78, 5) is 32.6. The number of hydrogen-bond acceptors (Lipinski definition) is 4. The second-order valence-corrected chi connectivity index (χ2v) is 7.74. The summed E-state index contributed by atoms with van der Waals surface area (Å²) in [5.41, 5.74) is -0.853. The smallest absolute Gasteiger partial charge is 0.352 e. The third-order valence-electron chi connectivity index (χ3n) is 5.35. The first kappa shape index (κ1) is 23.6. The Morgan fingerprint density at radius 2 is 1.88 bits per heavy atom. The molecule has 6 nitrogen and oxygen atoms in total. The van der Waals surface area contributed by atoms with Crippen LogP contribution in [0.2, 0.25) is 0 Å². The quantitative estimate of drug-likeness (QED) is 0.641. The van der Waals surface area contributed by atoms with Gasteiger partial charge in [0.05, 0.1) is 23.4 Å². The van der Waals surface area contributed by atoms with Crippen molar-refractivity contribution in [1.82, 2.24) is 15.2 Å². The number of anilines is 1. The van der Waals surface area contributed by atoms with Gasteiger partial charge in [-0.3, -0.25) is 9.59 Å². The Morgan fingerprint density at radius 3 is 2.56 bits per heavy atom. The van der Waals surface area contributed by atoms with Crippen LogP contribution in [0.3, 0.4) is 0 Å². The van der Waals surface area contributed by atoms with Crippen LogP contribution in [0.15, 0.2) is 42.6 Å². The molecule has 0 bridgehead atoms. The Hall–Kier alpha value is -3.10. The van der Waals surface area contributed by atoms with Crippen molar-refractivity contribution in [3.63, 3.8) is 0 Å². The number of benzene rings is 1. The zero-order chi connectivity index (χ0) is 23.1. The van der Waals surface area contributed by atoms with Crippen LogP contribution >= 0.6 is 0 Å². The van der Waals surface area contributed by atoms with Gasteiger partial charge in [-0.15, -0.1) is 0 Å². The van der Waals surface area contributed by atoms with E-state index in [0.717, 1.165) is 25.3 Å². The van der Waals surface area contributed by atoms with Crippen molar-refractivity contribution in [3.8, 4) is 0 Å². The van der Waals surface area contributed by atoms with Gasteiger partial charge in [-0.2, -0.15) is 13.2 Å². The standard InChI is InChI=1S/C23H27F3N4O2/c1-2-3-6-12-27-21(31)17-10-11-20(28-15-17)29-13-7-14-30(16-29)22(32)18-8-4-5-9-19(18)23(24,25)26/h4-5,8-11,15H,2-3,6-7,12-14,16H2,1H3,(H,27,31). The van der Waals surface area contributed by atoms with E-state index in [0.29, 0.717) is 37.4 Å². The summed E-state index contributed by atoms with van der Waals surface area (Å²) in [7, 11) is 0. The molecule has 3 rings (SSSR count). The number of rotatable bonds is 7. The highest BCUT2D eigenvalue weighted by Gasteiger charge is 2.36. The molecule has 1 saturated heterocycles. The van der Waals surface area contributed by atoms with Crippen LogP contribution in [0.1, 0.15) is 58.9 Å². The second kappa shape index (κ2) is 10.5. The lowest BCUT2D eigenvalue weighted by Crippen LogP contribution is -2.48. The first-order valence-electron chi connectivity index (χ1n) is 10.8. The molecule has 1 aromatic carbocycles. The van der Waals surface area contributed by atoms with Crippen molar-refractivity contribution in [3.05, 3.63) is 59.3 Å². The number of alkyl halides is 3. The van der Waals surface area contributed by atoms with Crippen molar-refractivity contribution in [1.29, 1.82) is 0 Å². The van der Waals surface area contributed by atoms with E-state index in [4.69, 9.17) is 0 Å². The molecule has 1 aromatic heterocycles. The van der Waals surface area contributed by atoms with Gasteiger partial charge in [0.1, 0.15) is 5.82 Å². The topological polar surface area (TPSA) is 65.5 Å². The van der Waals surface area contributed by atoms with Crippen LogP contribution < -0.4 is 10.2 Å². The molecular weight excluding hydrogens is 421 g/mol. The molecule has 1 N–H and O–H groups in total. The largest absolute Gasteiger partial charge is 0.417 e. The molecule has 0 spiro atoms. The Labute approximate surface area is 185 Å². The SMILES string of the molecule is CCCCCNC(=O)c1ccc(N2CCCN(C(=O)c3ccccc3C(F)(F)F)C2)nc1. The maximum atomic E-state index is 13.3. The van der Waals surface area contributed by atoms with Crippen molar-refractivity contribution in [2.75, 3.05) is 31.2 Å². The van der Waals surface area contributed by atoms with E-state index in [1.54, 1.807) is 12.1 Å². The Morgan fingerprint density at radius 1 is 1.09 bits per heavy atom. The van der Waals surface area contributed by atoms with Crippen LogP contribution in [-0.2, 0) is 6.18 Å². The highest BCUT2D eigenvalue weighted by molar-refractivity contribution is 5.96. The minimum absolute atomic E-state index is 0.126. The molecule has 1 fully saturated rings. The van der Waals surface area contributed by atoms with Crippen LogP contribution in [0.5, 0.6) is 0 Å². The first-order chi connectivity index (χ1) is 15.3. The van der Waals surface area contributed by atoms with Crippen LogP contribution in [-0.4, -0.2) is 48.0 Å². The fourth-order valence-corrected chi connectivity index (χ4v) is 3.63. The van der Waals surface area contributed by atoms with Gasteiger partial charge < -0.3 is 15.1 Å². The number of carbonyl (C=O) groups excluding carboxylic acids is 2. The van der Waals surface area contributed by atoms with Crippen molar-refractivity contribution in [2.24, 2.45) is 0 Å².